The van der Waals surface area contributed by atoms with E-state index >= 15 is 0 Å². The van der Waals surface area contributed by atoms with Crippen LogP contribution in [-0.2, 0) is 4.79 Å². The second-order valence-electron chi connectivity index (χ2n) is 5.12. The molecule has 0 bridgehead atoms. The van der Waals surface area contributed by atoms with Crippen LogP contribution in [0, 0.1) is 6.92 Å². The average molecular weight is 277 g/mol. The van der Waals surface area contributed by atoms with Crippen LogP contribution in [0.4, 0.5) is 11.6 Å². The molecule has 1 fully saturated rings. The quantitative estimate of drug-likeness (QED) is 0.856. The van der Waals surface area contributed by atoms with Crippen LogP contribution >= 0.6 is 0 Å². The summed E-state index contributed by atoms with van der Waals surface area (Å²) in [7, 11) is 0. The molecule has 6 heteroatoms. The molecule has 2 N–H and O–H groups in total. The minimum atomic E-state index is -0.267. The van der Waals surface area contributed by atoms with Gasteiger partial charge >= 0.3 is 0 Å². The van der Waals surface area contributed by atoms with Crippen molar-refractivity contribution in [2.75, 3.05) is 30.3 Å². The fourth-order valence-corrected chi connectivity index (χ4v) is 2.42. The molecule has 20 heavy (non-hydrogen) atoms. The summed E-state index contributed by atoms with van der Waals surface area (Å²) in [6.45, 7) is 8.41. The number of rotatable bonds is 5. The van der Waals surface area contributed by atoms with Gasteiger partial charge in [0.2, 0.25) is 5.91 Å². The summed E-state index contributed by atoms with van der Waals surface area (Å²) in [6.07, 6.45) is 3.73. The monoisotopic (exact) mass is 277 g/mol. The normalized spacial score (nSPS) is 16.1. The Morgan fingerprint density at radius 1 is 1.35 bits per heavy atom. The van der Waals surface area contributed by atoms with Gasteiger partial charge in [-0.05, 0) is 33.6 Å². The highest BCUT2D eigenvalue weighted by atomic mass is 16.2. The number of likely N-dealkylation sites (tertiary alicyclic amines) is 1. The van der Waals surface area contributed by atoms with Crippen LogP contribution in [0.1, 0.15) is 32.3 Å². The van der Waals surface area contributed by atoms with Crippen LogP contribution in [0.15, 0.2) is 6.33 Å². The SMILES string of the molecule is CCNc1ncnc(NC(C)C(=O)N2CCCC2)c1C. The van der Waals surface area contributed by atoms with E-state index in [-0.39, 0.29) is 11.9 Å². The summed E-state index contributed by atoms with van der Waals surface area (Å²) < 4.78 is 0. The lowest BCUT2D eigenvalue weighted by molar-refractivity contribution is -0.130. The Balaban J connectivity index is 2.05. The van der Waals surface area contributed by atoms with Gasteiger partial charge in [-0.2, -0.15) is 0 Å². The molecule has 1 saturated heterocycles. The fourth-order valence-electron chi connectivity index (χ4n) is 2.42. The third-order valence-corrected chi connectivity index (χ3v) is 3.57. The highest BCUT2D eigenvalue weighted by molar-refractivity contribution is 5.84. The van der Waals surface area contributed by atoms with Crippen molar-refractivity contribution in [3.8, 4) is 0 Å². The molecule has 1 amide bonds. The second kappa shape index (κ2) is 6.54. The summed E-state index contributed by atoms with van der Waals surface area (Å²) in [4.78, 5) is 22.6. The van der Waals surface area contributed by atoms with Gasteiger partial charge < -0.3 is 15.5 Å². The van der Waals surface area contributed by atoms with Crippen LogP contribution in [0.3, 0.4) is 0 Å². The molecule has 0 spiro atoms. The van der Waals surface area contributed by atoms with Crippen molar-refractivity contribution in [1.82, 2.24) is 14.9 Å². The van der Waals surface area contributed by atoms with Crippen molar-refractivity contribution in [3.05, 3.63) is 11.9 Å². The lowest BCUT2D eigenvalue weighted by Gasteiger charge is -2.22. The molecule has 110 valence electrons. The van der Waals surface area contributed by atoms with Crippen molar-refractivity contribution in [3.63, 3.8) is 0 Å². The first-order valence-electron chi connectivity index (χ1n) is 7.24. The first-order chi connectivity index (χ1) is 9.63. The van der Waals surface area contributed by atoms with Crippen LogP contribution in [-0.4, -0.2) is 46.5 Å². The molecule has 0 saturated carbocycles. The van der Waals surface area contributed by atoms with E-state index < -0.39 is 0 Å². The minimum absolute atomic E-state index is 0.144. The van der Waals surface area contributed by atoms with Gasteiger partial charge in [-0.3, -0.25) is 4.79 Å². The molecule has 0 aromatic carbocycles. The second-order valence-corrected chi connectivity index (χ2v) is 5.12. The van der Waals surface area contributed by atoms with Gasteiger partial charge in [-0.15, -0.1) is 0 Å². The maximum absolute atomic E-state index is 12.3. The van der Waals surface area contributed by atoms with E-state index in [1.807, 2.05) is 25.7 Å². The number of nitrogens with one attached hydrogen (secondary N) is 2. The first-order valence-corrected chi connectivity index (χ1v) is 7.24. The molecule has 6 nitrogen and oxygen atoms in total. The zero-order valence-corrected chi connectivity index (χ0v) is 12.4. The molecule has 1 aliphatic heterocycles. The van der Waals surface area contributed by atoms with Gasteiger partial charge in [0.15, 0.2) is 0 Å². The average Bonchev–Trinajstić information content (AvgIpc) is 2.96. The molecule has 1 unspecified atom stereocenters. The van der Waals surface area contributed by atoms with Crippen LogP contribution < -0.4 is 10.6 Å². The Morgan fingerprint density at radius 2 is 2.00 bits per heavy atom. The van der Waals surface area contributed by atoms with E-state index in [4.69, 9.17) is 0 Å². The molecule has 0 radical (unpaired) electrons. The van der Waals surface area contributed by atoms with Crippen molar-refractivity contribution < 1.29 is 4.79 Å². The smallest absolute Gasteiger partial charge is 0.244 e. The number of hydrogen-bond donors (Lipinski definition) is 2. The zero-order chi connectivity index (χ0) is 14.5. The molecule has 2 heterocycles. The Morgan fingerprint density at radius 3 is 2.65 bits per heavy atom. The summed E-state index contributed by atoms with van der Waals surface area (Å²) in [6, 6.07) is -0.267. The number of hydrogen-bond acceptors (Lipinski definition) is 5. The zero-order valence-electron chi connectivity index (χ0n) is 12.4. The predicted octanol–water partition coefficient (Wildman–Crippen LogP) is 1.64. The molecule has 2 rings (SSSR count). The first kappa shape index (κ1) is 14.6. The van der Waals surface area contributed by atoms with E-state index in [0.717, 1.165) is 49.7 Å². The third-order valence-electron chi connectivity index (χ3n) is 3.57. The van der Waals surface area contributed by atoms with Crippen LogP contribution in [0.5, 0.6) is 0 Å². The lowest BCUT2D eigenvalue weighted by atomic mass is 10.2. The molecular weight excluding hydrogens is 254 g/mol. The number of nitrogens with zero attached hydrogens (tertiary/aromatic N) is 3. The molecule has 1 aromatic rings. The number of amides is 1. The largest absolute Gasteiger partial charge is 0.370 e. The van der Waals surface area contributed by atoms with Crippen LogP contribution in [0.25, 0.3) is 0 Å². The van der Waals surface area contributed by atoms with E-state index in [1.165, 1.54) is 6.33 Å². The topological polar surface area (TPSA) is 70.1 Å². The van der Waals surface area contributed by atoms with E-state index in [9.17, 15) is 4.79 Å². The maximum atomic E-state index is 12.3. The van der Waals surface area contributed by atoms with Crippen molar-refractivity contribution in [2.45, 2.75) is 39.7 Å². The molecular formula is C14H23N5O. The van der Waals surface area contributed by atoms with Gasteiger partial charge in [0, 0.05) is 25.2 Å². The Hall–Kier alpha value is -1.85. The minimum Gasteiger partial charge on any atom is -0.370 e. The standard InChI is InChI=1S/C14H23N5O/c1-4-15-12-10(2)13(17-9-16-12)18-11(3)14(20)19-7-5-6-8-19/h9,11H,4-8H2,1-3H3,(H2,15,16,17,18). The Labute approximate surface area is 120 Å². The Kier molecular flexibility index (Phi) is 4.76. The number of carbonyl (C=O) groups excluding carboxylic acids is 1. The van der Waals surface area contributed by atoms with Gasteiger partial charge in [-0.1, -0.05) is 0 Å². The van der Waals surface area contributed by atoms with Gasteiger partial charge in [0.1, 0.15) is 24.0 Å². The molecule has 0 aliphatic carbocycles. The number of carbonyl (C=O) groups is 1. The third kappa shape index (κ3) is 3.18. The summed E-state index contributed by atoms with van der Waals surface area (Å²) in [5.74, 6) is 1.67. The fraction of sp³-hybridized carbons (Fsp3) is 0.643. The van der Waals surface area contributed by atoms with E-state index in [1.54, 1.807) is 0 Å². The summed E-state index contributed by atoms with van der Waals surface area (Å²) >= 11 is 0. The van der Waals surface area contributed by atoms with Gasteiger partial charge in [0.05, 0.1) is 0 Å². The predicted molar refractivity (Wildman–Crippen MR) is 79.8 cm³/mol. The van der Waals surface area contributed by atoms with Gasteiger partial charge in [-0.25, -0.2) is 9.97 Å². The van der Waals surface area contributed by atoms with E-state index in [0.29, 0.717) is 0 Å². The van der Waals surface area contributed by atoms with Crippen molar-refractivity contribution in [1.29, 1.82) is 0 Å². The van der Waals surface area contributed by atoms with E-state index in [2.05, 4.69) is 20.6 Å². The van der Waals surface area contributed by atoms with Crippen LogP contribution in [0.2, 0.25) is 0 Å². The molecule has 1 atom stereocenters. The molecule has 1 aromatic heterocycles. The van der Waals surface area contributed by atoms with Gasteiger partial charge in [0.25, 0.3) is 0 Å². The number of aromatic nitrogens is 2. The summed E-state index contributed by atoms with van der Waals surface area (Å²) in [5, 5.41) is 6.39. The Bertz CT molecular complexity index is 471. The highest BCUT2D eigenvalue weighted by Crippen LogP contribution is 2.19. The summed E-state index contributed by atoms with van der Waals surface area (Å²) in [5.41, 5.74) is 0.940. The number of anilines is 2. The molecule has 1 aliphatic rings. The van der Waals surface area contributed by atoms with Crippen molar-refractivity contribution >= 4 is 17.5 Å². The van der Waals surface area contributed by atoms with Crippen molar-refractivity contribution in [2.24, 2.45) is 0 Å². The maximum Gasteiger partial charge on any atom is 0.244 e. The highest BCUT2D eigenvalue weighted by Gasteiger charge is 2.23. The lowest BCUT2D eigenvalue weighted by Crippen LogP contribution is -2.40.